The maximum Gasteiger partial charge on any atom is 0.226 e. The summed E-state index contributed by atoms with van der Waals surface area (Å²) >= 11 is 0. The molecule has 0 heterocycles. The van der Waals surface area contributed by atoms with Crippen molar-refractivity contribution in [2.75, 3.05) is 32.1 Å². The number of nitrogens with zero attached hydrogens (tertiary/aromatic N) is 1. The highest BCUT2D eigenvalue weighted by Crippen LogP contribution is 2.23. The van der Waals surface area contributed by atoms with Gasteiger partial charge in [0.1, 0.15) is 0 Å². The lowest BCUT2D eigenvalue weighted by molar-refractivity contribution is -0.129. The molecule has 0 unspecified atom stereocenters. The molecular formula is C18H28N2O3. The molecule has 2 amide bonds. The predicted octanol–water partition coefficient (Wildman–Crippen LogP) is 3.02. The number of carbonyl (C=O) groups excluding carboxylic acids is 2. The number of rotatable bonds is 9. The lowest BCUT2D eigenvalue weighted by Gasteiger charge is -2.21. The van der Waals surface area contributed by atoms with Crippen LogP contribution in [0.4, 0.5) is 5.69 Å². The van der Waals surface area contributed by atoms with Crippen molar-refractivity contribution in [1.82, 2.24) is 4.90 Å². The third-order valence-electron chi connectivity index (χ3n) is 3.69. The first kappa shape index (κ1) is 19.2. The van der Waals surface area contributed by atoms with Crippen molar-refractivity contribution in [1.29, 1.82) is 0 Å². The fraction of sp³-hybridized carbons (Fsp3) is 0.556. The van der Waals surface area contributed by atoms with Crippen LogP contribution < -0.4 is 5.32 Å². The van der Waals surface area contributed by atoms with Crippen LogP contribution in [0.2, 0.25) is 0 Å². The van der Waals surface area contributed by atoms with Gasteiger partial charge < -0.3 is 15.0 Å². The van der Waals surface area contributed by atoms with E-state index in [0.717, 1.165) is 17.7 Å². The van der Waals surface area contributed by atoms with E-state index in [1.165, 1.54) is 6.92 Å². The van der Waals surface area contributed by atoms with Gasteiger partial charge in [-0.15, -0.1) is 0 Å². The molecule has 0 radical (unpaired) electrons. The van der Waals surface area contributed by atoms with Crippen LogP contribution in [-0.2, 0) is 14.3 Å². The summed E-state index contributed by atoms with van der Waals surface area (Å²) < 4.78 is 4.99. The summed E-state index contributed by atoms with van der Waals surface area (Å²) in [5, 5.41) is 2.95. The van der Waals surface area contributed by atoms with Crippen LogP contribution in [0.25, 0.3) is 0 Å². The highest BCUT2D eigenvalue weighted by molar-refractivity contribution is 5.92. The quantitative estimate of drug-likeness (QED) is 0.712. The Morgan fingerprint density at radius 2 is 1.91 bits per heavy atom. The van der Waals surface area contributed by atoms with E-state index in [0.29, 0.717) is 32.0 Å². The molecule has 23 heavy (non-hydrogen) atoms. The van der Waals surface area contributed by atoms with Gasteiger partial charge in [-0.05, 0) is 24.0 Å². The second-order valence-corrected chi connectivity index (χ2v) is 5.89. The molecule has 5 heteroatoms. The van der Waals surface area contributed by atoms with E-state index < -0.39 is 0 Å². The molecule has 0 aliphatic carbocycles. The number of anilines is 1. The zero-order chi connectivity index (χ0) is 17.2. The number of nitrogens with one attached hydrogen (secondary N) is 1. The Bertz CT molecular complexity index is 515. The Balaban J connectivity index is 2.54. The second-order valence-electron chi connectivity index (χ2n) is 5.89. The molecule has 0 spiro atoms. The minimum Gasteiger partial charge on any atom is -0.385 e. The lowest BCUT2D eigenvalue weighted by Crippen LogP contribution is -2.33. The minimum absolute atomic E-state index is 0.0171. The van der Waals surface area contributed by atoms with E-state index in [1.54, 1.807) is 12.0 Å². The van der Waals surface area contributed by atoms with E-state index in [-0.39, 0.29) is 11.8 Å². The monoisotopic (exact) mass is 320 g/mol. The van der Waals surface area contributed by atoms with Gasteiger partial charge in [-0.25, -0.2) is 0 Å². The van der Waals surface area contributed by atoms with Gasteiger partial charge in [0.05, 0.1) is 0 Å². The number of carbonyl (C=O) groups is 2. The van der Waals surface area contributed by atoms with Crippen molar-refractivity contribution >= 4 is 17.5 Å². The molecule has 0 atom stereocenters. The van der Waals surface area contributed by atoms with Crippen LogP contribution >= 0.6 is 0 Å². The summed E-state index contributed by atoms with van der Waals surface area (Å²) in [6, 6.07) is 7.81. The van der Waals surface area contributed by atoms with Crippen molar-refractivity contribution in [2.45, 2.75) is 39.5 Å². The summed E-state index contributed by atoms with van der Waals surface area (Å²) in [4.78, 5) is 25.5. The summed E-state index contributed by atoms with van der Waals surface area (Å²) in [6.07, 6.45) is 1.06. The van der Waals surface area contributed by atoms with Crippen LogP contribution in [0.3, 0.4) is 0 Å². The molecular weight excluding hydrogens is 292 g/mol. The molecule has 1 aromatic carbocycles. The van der Waals surface area contributed by atoms with E-state index in [9.17, 15) is 9.59 Å². The summed E-state index contributed by atoms with van der Waals surface area (Å²) in [7, 11) is 1.64. The van der Waals surface area contributed by atoms with Gasteiger partial charge in [-0.3, -0.25) is 9.59 Å². The molecule has 0 fully saturated rings. The predicted molar refractivity (Wildman–Crippen MR) is 92.5 cm³/mol. The van der Waals surface area contributed by atoms with Gasteiger partial charge in [-0.2, -0.15) is 0 Å². The molecule has 1 rings (SSSR count). The van der Waals surface area contributed by atoms with Gasteiger partial charge in [0, 0.05) is 45.8 Å². The second kappa shape index (κ2) is 10.0. The Morgan fingerprint density at radius 1 is 1.22 bits per heavy atom. The fourth-order valence-corrected chi connectivity index (χ4v) is 2.39. The Kier molecular flexibility index (Phi) is 8.33. The maximum absolute atomic E-state index is 12.2. The third-order valence-corrected chi connectivity index (χ3v) is 3.69. The normalized spacial score (nSPS) is 10.7. The molecule has 0 aromatic heterocycles. The number of para-hydroxylation sites is 1. The van der Waals surface area contributed by atoms with E-state index in [2.05, 4.69) is 19.2 Å². The van der Waals surface area contributed by atoms with Crippen LogP contribution in [0.15, 0.2) is 24.3 Å². The highest BCUT2D eigenvalue weighted by Gasteiger charge is 2.13. The molecule has 0 aliphatic rings. The molecule has 1 aromatic rings. The number of hydrogen-bond donors (Lipinski definition) is 1. The van der Waals surface area contributed by atoms with E-state index in [4.69, 9.17) is 4.74 Å². The minimum atomic E-state index is -0.0731. The number of methoxy groups -OCH3 is 1. The molecule has 0 aliphatic heterocycles. The molecule has 1 N–H and O–H groups in total. The molecule has 0 saturated heterocycles. The van der Waals surface area contributed by atoms with Gasteiger partial charge in [0.25, 0.3) is 0 Å². The van der Waals surface area contributed by atoms with Crippen molar-refractivity contribution in [3.63, 3.8) is 0 Å². The van der Waals surface area contributed by atoms with Crippen LogP contribution in [0, 0.1) is 0 Å². The van der Waals surface area contributed by atoms with Crippen LogP contribution in [0.5, 0.6) is 0 Å². The first-order valence-electron chi connectivity index (χ1n) is 8.09. The molecule has 0 saturated carbocycles. The third kappa shape index (κ3) is 6.82. The van der Waals surface area contributed by atoms with E-state index >= 15 is 0 Å². The van der Waals surface area contributed by atoms with Gasteiger partial charge in [-0.1, -0.05) is 32.0 Å². The smallest absolute Gasteiger partial charge is 0.226 e. The fourth-order valence-electron chi connectivity index (χ4n) is 2.39. The van der Waals surface area contributed by atoms with Crippen LogP contribution in [-0.4, -0.2) is 43.5 Å². The SMILES string of the molecule is COCCCN(CCC(=O)Nc1ccccc1C(C)C)C(C)=O. The van der Waals surface area contributed by atoms with Crippen molar-refractivity contribution in [2.24, 2.45) is 0 Å². The summed E-state index contributed by atoms with van der Waals surface area (Å²) in [5.41, 5.74) is 1.96. The highest BCUT2D eigenvalue weighted by atomic mass is 16.5. The largest absolute Gasteiger partial charge is 0.385 e. The van der Waals surface area contributed by atoms with Crippen LogP contribution in [0.1, 0.15) is 45.1 Å². The number of ether oxygens (including phenoxy) is 1. The zero-order valence-electron chi connectivity index (χ0n) is 14.6. The Labute approximate surface area is 139 Å². The lowest BCUT2D eigenvalue weighted by atomic mass is 10.0. The molecule has 128 valence electrons. The Hall–Kier alpha value is -1.88. The number of amides is 2. The van der Waals surface area contributed by atoms with Crippen molar-refractivity contribution in [3.8, 4) is 0 Å². The van der Waals surface area contributed by atoms with Gasteiger partial charge in [0.15, 0.2) is 0 Å². The first-order valence-corrected chi connectivity index (χ1v) is 8.09. The average molecular weight is 320 g/mol. The summed E-state index contributed by atoms with van der Waals surface area (Å²) in [5.74, 6) is 0.252. The maximum atomic E-state index is 12.2. The average Bonchev–Trinajstić information content (AvgIpc) is 2.50. The number of hydrogen-bond acceptors (Lipinski definition) is 3. The first-order chi connectivity index (χ1) is 11.0. The van der Waals surface area contributed by atoms with Gasteiger partial charge >= 0.3 is 0 Å². The Morgan fingerprint density at radius 3 is 2.52 bits per heavy atom. The van der Waals surface area contributed by atoms with Crippen molar-refractivity contribution < 1.29 is 14.3 Å². The van der Waals surface area contributed by atoms with E-state index in [1.807, 2.05) is 24.3 Å². The molecule has 5 nitrogen and oxygen atoms in total. The van der Waals surface area contributed by atoms with Crippen molar-refractivity contribution in [3.05, 3.63) is 29.8 Å². The number of benzene rings is 1. The topological polar surface area (TPSA) is 58.6 Å². The molecule has 0 bridgehead atoms. The summed E-state index contributed by atoms with van der Waals surface area (Å²) in [6.45, 7) is 7.36. The standard InChI is InChI=1S/C18H28N2O3/c1-14(2)16-8-5-6-9-17(16)19-18(22)10-12-20(15(3)21)11-7-13-23-4/h5-6,8-9,14H,7,10-13H2,1-4H3,(H,19,22). The zero-order valence-corrected chi connectivity index (χ0v) is 14.6. The van der Waals surface area contributed by atoms with Gasteiger partial charge in [0.2, 0.25) is 11.8 Å².